The summed E-state index contributed by atoms with van der Waals surface area (Å²) < 4.78 is 0. The number of nitro groups is 1. The minimum atomic E-state index is -0.304. The molecule has 0 heterocycles. The van der Waals surface area contributed by atoms with Crippen molar-refractivity contribution in [1.29, 1.82) is 0 Å². The molecule has 3 nitrogen and oxygen atoms in total. The molecule has 98 valence electrons. The second-order valence-corrected chi connectivity index (χ2v) is 4.43. The molecule has 2 aromatic carbocycles. The molecule has 0 saturated carbocycles. The van der Waals surface area contributed by atoms with Gasteiger partial charge in [0.05, 0.1) is 10.5 Å². The third-order valence-corrected chi connectivity index (χ3v) is 3.37. The normalized spacial score (nSPS) is 10.4. The summed E-state index contributed by atoms with van der Waals surface area (Å²) >= 11 is 0. The quantitative estimate of drug-likeness (QED) is 0.600. The monoisotopic (exact) mass is 255 g/mol. The van der Waals surface area contributed by atoms with Crippen LogP contribution in [0.25, 0.3) is 11.1 Å². The first-order chi connectivity index (χ1) is 9.19. The average Bonchev–Trinajstić information content (AvgIpc) is 2.46. The van der Waals surface area contributed by atoms with E-state index in [1.165, 1.54) is 0 Å². The van der Waals surface area contributed by atoms with Crippen molar-refractivity contribution < 1.29 is 4.92 Å². The number of benzene rings is 2. The van der Waals surface area contributed by atoms with Gasteiger partial charge in [-0.15, -0.1) is 0 Å². The second kappa shape index (κ2) is 5.65. The van der Waals surface area contributed by atoms with E-state index in [0.29, 0.717) is 0 Å². The third-order valence-electron chi connectivity index (χ3n) is 3.37. The van der Waals surface area contributed by atoms with E-state index >= 15 is 0 Å². The first-order valence-corrected chi connectivity index (χ1v) is 6.53. The van der Waals surface area contributed by atoms with Crippen molar-refractivity contribution in [3.8, 4) is 11.1 Å². The Hall–Kier alpha value is -2.16. The number of nitrogens with zero attached hydrogens (tertiary/aromatic N) is 1. The van der Waals surface area contributed by atoms with E-state index in [4.69, 9.17) is 0 Å². The van der Waals surface area contributed by atoms with Crippen LogP contribution in [-0.2, 0) is 12.8 Å². The van der Waals surface area contributed by atoms with E-state index in [2.05, 4.69) is 13.8 Å². The summed E-state index contributed by atoms with van der Waals surface area (Å²) in [7, 11) is 0. The summed E-state index contributed by atoms with van der Waals surface area (Å²) in [6.45, 7) is 4.15. The van der Waals surface area contributed by atoms with Crippen LogP contribution in [0.4, 0.5) is 5.69 Å². The van der Waals surface area contributed by atoms with Gasteiger partial charge in [-0.25, -0.2) is 0 Å². The standard InChI is InChI=1S/C16H17NO2/c1-3-12-8-7-9-13(4-2)16(12)14-10-5-6-11-15(14)17(18)19/h5-11H,3-4H2,1-2H3. The van der Waals surface area contributed by atoms with Crippen LogP contribution < -0.4 is 0 Å². The first-order valence-electron chi connectivity index (χ1n) is 6.53. The van der Waals surface area contributed by atoms with E-state index < -0.39 is 0 Å². The van der Waals surface area contributed by atoms with E-state index in [9.17, 15) is 10.1 Å². The van der Waals surface area contributed by atoms with Crippen molar-refractivity contribution in [2.75, 3.05) is 0 Å². The van der Waals surface area contributed by atoms with Gasteiger partial charge in [-0.05, 0) is 35.6 Å². The van der Waals surface area contributed by atoms with Crippen molar-refractivity contribution in [3.05, 3.63) is 63.7 Å². The van der Waals surface area contributed by atoms with Crippen LogP contribution in [0, 0.1) is 10.1 Å². The lowest BCUT2D eigenvalue weighted by atomic mass is 9.91. The lowest BCUT2D eigenvalue weighted by Gasteiger charge is -2.13. The number of aryl methyl sites for hydroxylation is 2. The highest BCUT2D eigenvalue weighted by molar-refractivity contribution is 5.78. The summed E-state index contributed by atoms with van der Waals surface area (Å²) in [6.07, 6.45) is 1.74. The van der Waals surface area contributed by atoms with Crippen molar-refractivity contribution in [1.82, 2.24) is 0 Å². The molecule has 2 rings (SSSR count). The Morgan fingerprint density at radius 2 is 1.53 bits per heavy atom. The molecule has 0 aliphatic carbocycles. The fraction of sp³-hybridized carbons (Fsp3) is 0.250. The zero-order chi connectivity index (χ0) is 13.8. The van der Waals surface area contributed by atoms with E-state index in [1.807, 2.05) is 30.3 Å². The highest BCUT2D eigenvalue weighted by atomic mass is 16.6. The fourth-order valence-corrected chi connectivity index (χ4v) is 2.43. The summed E-state index contributed by atoms with van der Waals surface area (Å²) in [5.74, 6) is 0. The van der Waals surface area contributed by atoms with Crippen LogP contribution in [0.2, 0.25) is 0 Å². The van der Waals surface area contributed by atoms with Crippen LogP contribution in [-0.4, -0.2) is 4.92 Å². The predicted octanol–water partition coefficient (Wildman–Crippen LogP) is 4.39. The smallest absolute Gasteiger partial charge is 0.258 e. The largest absolute Gasteiger partial charge is 0.277 e. The highest BCUT2D eigenvalue weighted by Crippen LogP contribution is 2.35. The van der Waals surface area contributed by atoms with Crippen LogP contribution in [0.1, 0.15) is 25.0 Å². The van der Waals surface area contributed by atoms with Crippen LogP contribution in [0.15, 0.2) is 42.5 Å². The fourth-order valence-electron chi connectivity index (χ4n) is 2.43. The SMILES string of the molecule is CCc1cccc(CC)c1-c1ccccc1[N+](=O)[O-]. The van der Waals surface area contributed by atoms with Crippen molar-refractivity contribution in [2.45, 2.75) is 26.7 Å². The molecular formula is C16H17NO2. The molecule has 0 aliphatic heterocycles. The maximum atomic E-state index is 11.2. The molecule has 0 aliphatic rings. The number of rotatable bonds is 4. The minimum Gasteiger partial charge on any atom is -0.258 e. The Balaban J connectivity index is 2.74. The summed E-state index contributed by atoms with van der Waals surface area (Å²) in [4.78, 5) is 10.9. The minimum absolute atomic E-state index is 0.179. The third kappa shape index (κ3) is 2.50. The maximum Gasteiger partial charge on any atom is 0.277 e. The molecule has 3 heteroatoms. The number of hydrogen-bond acceptors (Lipinski definition) is 2. The van der Waals surface area contributed by atoms with Crippen LogP contribution in [0.5, 0.6) is 0 Å². The van der Waals surface area contributed by atoms with Gasteiger partial charge in [-0.1, -0.05) is 44.2 Å². The lowest BCUT2D eigenvalue weighted by Crippen LogP contribution is -1.98. The lowest BCUT2D eigenvalue weighted by molar-refractivity contribution is -0.384. The molecule has 0 saturated heterocycles. The number of hydrogen-bond donors (Lipinski definition) is 0. The van der Waals surface area contributed by atoms with Crippen molar-refractivity contribution >= 4 is 5.69 Å². The highest BCUT2D eigenvalue weighted by Gasteiger charge is 2.18. The molecular weight excluding hydrogens is 238 g/mol. The molecule has 0 radical (unpaired) electrons. The Morgan fingerprint density at radius 3 is 2.05 bits per heavy atom. The zero-order valence-corrected chi connectivity index (χ0v) is 11.2. The molecule has 2 aromatic rings. The van der Waals surface area contributed by atoms with Crippen molar-refractivity contribution in [3.63, 3.8) is 0 Å². The maximum absolute atomic E-state index is 11.2. The molecule has 0 N–H and O–H groups in total. The molecule has 0 amide bonds. The molecule has 0 spiro atoms. The molecule has 0 fully saturated rings. The van der Waals surface area contributed by atoms with Gasteiger partial charge in [0.15, 0.2) is 0 Å². The average molecular weight is 255 g/mol. The van der Waals surface area contributed by atoms with Gasteiger partial charge in [0, 0.05) is 6.07 Å². The molecule has 0 unspecified atom stereocenters. The molecule has 19 heavy (non-hydrogen) atoms. The van der Waals surface area contributed by atoms with Gasteiger partial charge < -0.3 is 0 Å². The van der Waals surface area contributed by atoms with Crippen LogP contribution in [0.3, 0.4) is 0 Å². The van der Waals surface area contributed by atoms with E-state index in [-0.39, 0.29) is 10.6 Å². The van der Waals surface area contributed by atoms with E-state index in [0.717, 1.165) is 35.1 Å². The Morgan fingerprint density at radius 1 is 0.947 bits per heavy atom. The topological polar surface area (TPSA) is 43.1 Å². The van der Waals surface area contributed by atoms with Gasteiger partial charge >= 0.3 is 0 Å². The van der Waals surface area contributed by atoms with Crippen LogP contribution >= 0.6 is 0 Å². The zero-order valence-electron chi connectivity index (χ0n) is 11.2. The number of nitro benzene ring substituents is 1. The second-order valence-electron chi connectivity index (χ2n) is 4.43. The molecule has 0 aromatic heterocycles. The summed E-state index contributed by atoms with van der Waals surface area (Å²) in [6, 6.07) is 13.1. The first kappa shape index (κ1) is 13.3. The van der Waals surface area contributed by atoms with Gasteiger partial charge in [0.2, 0.25) is 0 Å². The number of para-hydroxylation sites is 1. The van der Waals surface area contributed by atoms with Crippen molar-refractivity contribution in [2.24, 2.45) is 0 Å². The van der Waals surface area contributed by atoms with Gasteiger partial charge in [-0.2, -0.15) is 0 Å². The summed E-state index contributed by atoms with van der Waals surface area (Å²) in [5, 5.41) is 11.2. The predicted molar refractivity (Wildman–Crippen MR) is 77.3 cm³/mol. The van der Waals surface area contributed by atoms with Gasteiger partial charge in [0.25, 0.3) is 5.69 Å². The Kier molecular flexibility index (Phi) is 3.95. The van der Waals surface area contributed by atoms with E-state index in [1.54, 1.807) is 12.1 Å². The van der Waals surface area contributed by atoms with Gasteiger partial charge in [0.1, 0.15) is 0 Å². The van der Waals surface area contributed by atoms with Gasteiger partial charge in [-0.3, -0.25) is 10.1 Å². The Bertz CT molecular complexity index is 583. The molecule has 0 atom stereocenters. The summed E-state index contributed by atoms with van der Waals surface area (Å²) in [5.41, 5.74) is 4.25. The molecule has 0 bridgehead atoms. The Labute approximate surface area is 113 Å².